The molecular weight excluding hydrogens is 636 g/mol. The van der Waals surface area contributed by atoms with Crippen molar-refractivity contribution >= 4 is 29.3 Å². The van der Waals surface area contributed by atoms with Gasteiger partial charge in [-0.15, -0.1) is 0 Å². The summed E-state index contributed by atoms with van der Waals surface area (Å²) in [5.41, 5.74) is 7.64. The number of carbonyl (C=O) groups excluding carboxylic acids is 2. The fourth-order valence-corrected chi connectivity index (χ4v) is 5.99. The monoisotopic (exact) mass is 703 g/mol. The molecule has 2 heterocycles. The topological polar surface area (TPSA) is 74.4 Å². The molecule has 0 bridgehead atoms. The first-order valence-electron chi connectivity index (χ1n) is 19.0. The van der Waals surface area contributed by atoms with Crippen LogP contribution in [0.15, 0.2) is 73.0 Å². The van der Waals surface area contributed by atoms with Gasteiger partial charge in [-0.05, 0) is 76.1 Å². The summed E-state index contributed by atoms with van der Waals surface area (Å²) in [6, 6.07) is 12.4. The van der Waals surface area contributed by atoms with E-state index in [-0.39, 0.29) is 5.91 Å². The molecule has 51 heavy (non-hydrogen) atoms. The molecule has 0 saturated carbocycles. The Labute approximate surface area is 309 Å². The number of hydrogen-bond acceptors (Lipinski definition) is 7. The number of morpholine rings is 1. The second kappa shape index (κ2) is 25.1. The zero-order valence-electron chi connectivity index (χ0n) is 32.6. The molecule has 8 heteroatoms. The van der Waals surface area contributed by atoms with Crippen LogP contribution in [0, 0.1) is 0 Å². The third kappa shape index (κ3) is 15.5. The maximum Gasteiger partial charge on any atom is 0.227 e. The van der Waals surface area contributed by atoms with Gasteiger partial charge in [-0.3, -0.25) is 9.59 Å². The molecule has 0 unspecified atom stereocenters. The van der Waals surface area contributed by atoms with Gasteiger partial charge in [0.1, 0.15) is 12.9 Å². The van der Waals surface area contributed by atoms with Crippen molar-refractivity contribution in [2.24, 2.45) is 0 Å². The molecule has 1 amide bonds. The van der Waals surface area contributed by atoms with Crippen LogP contribution in [-0.4, -0.2) is 72.2 Å². The number of nitrogens with zero attached hydrogens (tertiary/aromatic N) is 3. The number of aldehydes is 1. The van der Waals surface area contributed by atoms with Gasteiger partial charge in [-0.25, -0.2) is 0 Å². The summed E-state index contributed by atoms with van der Waals surface area (Å²) < 4.78 is 11.5. The molecule has 282 valence electrons. The van der Waals surface area contributed by atoms with Crippen LogP contribution < -0.4 is 20.0 Å². The molecule has 2 saturated heterocycles. The van der Waals surface area contributed by atoms with Crippen molar-refractivity contribution in [1.82, 2.24) is 5.32 Å². The van der Waals surface area contributed by atoms with Crippen molar-refractivity contribution in [3.8, 4) is 0 Å². The molecule has 2 aromatic carbocycles. The Kier molecular flexibility index (Phi) is 21.3. The minimum Gasteiger partial charge on any atom is -0.494 e. The lowest BCUT2D eigenvalue weighted by atomic mass is 10.0. The van der Waals surface area contributed by atoms with Crippen LogP contribution in [0.2, 0.25) is 0 Å². The zero-order chi connectivity index (χ0) is 37.4. The van der Waals surface area contributed by atoms with Crippen LogP contribution >= 0.6 is 0 Å². The Balaban J connectivity index is 0.000000316. The molecule has 2 aromatic rings. The van der Waals surface area contributed by atoms with E-state index in [1.54, 1.807) is 6.08 Å². The predicted octanol–water partition coefficient (Wildman–Crippen LogP) is 8.90. The Morgan fingerprint density at radius 3 is 2.35 bits per heavy atom. The molecule has 4 rings (SSSR count). The SMILES string of the molecule is C/C=C(\CC)OCc1cc(N2CCCC2=O)ccc1N1CCOCC1.C=CC(=C)C.CCCCCCCc1ccc(C=O)cc1N(C)CCNC. The molecule has 1 N–H and O–H groups in total. The van der Waals surface area contributed by atoms with Gasteiger partial charge in [0.15, 0.2) is 0 Å². The van der Waals surface area contributed by atoms with Gasteiger partial charge in [0.05, 0.1) is 19.0 Å². The van der Waals surface area contributed by atoms with Crippen molar-refractivity contribution in [3.05, 3.63) is 89.7 Å². The van der Waals surface area contributed by atoms with E-state index >= 15 is 0 Å². The van der Waals surface area contributed by atoms with Crippen molar-refractivity contribution < 1.29 is 19.1 Å². The highest BCUT2D eigenvalue weighted by molar-refractivity contribution is 5.95. The number of benzene rings is 2. The third-order valence-corrected chi connectivity index (χ3v) is 9.14. The zero-order valence-corrected chi connectivity index (χ0v) is 32.6. The lowest BCUT2D eigenvalue weighted by molar-refractivity contribution is -0.117. The summed E-state index contributed by atoms with van der Waals surface area (Å²) in [6.07, 6.45) is 14.7. The van der Waals surface area contributed by atoms with Gasteiger partial charge in [0.25, 0.3) is 0 Å². The highest BCUT2D eigenvalue weighted by Crippen LogP contribution is 2.30. The number of amides is 1. The fourth-order valence-electron chi connectivity index (χ4n) is 5.99. The number of unbranched alkanes of at least 4 members (excludes halogenated alkanes) is 4. The molecule has 2 aliphatic heterocycles. The van der Waals surface area contributed by atoms with Crippen LogP contribution in [0.5, 0.6) is 0 Å². The van der Waals surface area contributed by atoms with Crippen LogP contribution in [0.4, 0.5) is 17.1 Å². The quantitative estimate of drug-likeness (QED) is 0.0720. The van der Waals surface area contributed by atoms with Gasteiger partial charge >= 0.3 is 0 Å². The standard InChI is InChI=1S/C20H28N2O3.C18H30N2O.C5H8/c1-3-18(4-2)25-15-16-14-17(22-9-5-6-20(22)23)7-8-19(16)21-10-12-24-13-11-21;1-4-5-6-7-8-9-17-11-10-16(15-21)14-18(17)20(3)13-12-19-2;1-4-5(2)3/h3,7-8,14H,4-6,9-13,15H2,1-2H3;10-11,14-15,19H,4-9,12-13H2,1-3H3;4H,1-2H2,3H3/b18-3+;;. The second-order valence-corrected chi connectivity index (χ2v) is 13.2. The minimum absolute atomic E-state index is 0.216. The molecule has 0 atom stereocenters. The molecule has 0 radical (unpaired) electrons. The largest absolute Gasteiger partial charge is 0.494 e. The molecule has 0 spiro atoms. The van der Waals surface area contributed by atoms with Crippen LogP contribution in [0.25, 0.3) is 0 Å². The predicted molar refractivity (Wildman–Crippen MR) is 216 cm³/mol. The Morgan fingerprint density at radius 1 is 1.04 bits per heavy atom. The van der Waals surface area contributed by atoms with E-state index in [2.05, 4.69) is 73.4 Å². The molecule has 0 aliphatic carbocycles. The molecule has 8 nitrogen and oxygen atoms in total. The van der Waals surface area contributed by atoms with Gasteiger partial charge in [0.2, 0.25) is 5.91 Å². The van der Waals surface area contributed by atoms with E-state index < -0.39 is 0 Å². The number of carbonyl (C=O) groups is 2. The van der Waals surface area contributed by atoms with E-state index in [0.29, 0.717) is 13.0 Å². The number of ether oxygens (including phenoxy) is 2. The van der Waals surface area contributed by atoms with Crippen molar-refractivity contribution in [2.75, 3.05) is 74.7 Å². The van der Waals surface area contributed by atoms with Crippen LogP contribution in [-0.2, 0) is 27.3 Å². The molecular formula is C43H66N4O4. The lowest BCUT2D eigenvalue weighted by Crippen LogP contribution is -2.37. The van der Waals surface area contributed by atoms with Crippen molar-refractivity contribution in [3.63, 3.8) is 0 Å². The maximum absolute atomic E-state index is 12.1. The molecule has 2 aliphatic rings. The highest BCUT2D eigenvalue weighted by Gasteiger charge is 2.23. The number of rotatable bonds is 18. The second-order valence-electron chi connectivity index (χ2n) is 13.2. The van der Waals surface area contributed by atoms with E-state index in [9.17, 15) is 9.59 Å². The number of allylic oxidation sites excluding steroid dienone is 4. The van der Waals surface area contributed by atoms with Crippen molar-refractivity contribution in [2.45, 2.75) is 92.1 Å². The van der Waals surface area contributed by atoms with Gasteiger partial charge in [-0.1, -0.05) is 76.5 Å². The summed E-state index contributed by atoms with van der Waals surface area (Å²) in [5, 5.41) is 3.17. The highest BCUT2D eigenvalue weighted by atomic mass is 16.5. The average molecular weight is 703 g/mol. The van der Waals surface area contributed by atoms with Gasteiger partial charge < -0.3 is 29.5 Å². The van der Waals surface area contributed by atoms with Gasteiger partial charge in [-0.2, -0.15) is 0 Å². The minimum atomic E-state index is 0.216. The first-order valence-corrected chi connectivity index (χ1v) is 19.0. The normalized spacial score (nSPS) is 14.2. The number of aryl methyl sites for hydroxylation is 1. The first-order chi connectivity index (χ1) is 24.7. The number of likely N-dealkylation sites (N-methyl/N-ethyl adjacent to an activating group) is 2. The Morgan fingerprint density at radius 2 is 1.76 bits per heavy atom. The molecule has 0 aromatic heterocycles. The smallest absolute Gasteiger partial charge is 0.227 e. The third-order valence-electron chi connectivity index (χ3n) is 9.14. The van der Waals surface area contributed by atoms with E-state index in [1.165, 1.54) is 49.0 Å². The van der Waals surface area contributed by atoms with E-state index in [0.717, 1.165) is 99.6 Å². The summed E-state index contributed by atoms with van der Waals surface area (Å²) >= 11 is 0. The summed E-state index contributed by atoms with van der Waals surface area (Å²) in [4.78, 5) is 29.6. The number of nitrogens with one attached hydrogen (secondary N) is 1. The van der Waals surface area contributed by atoms with Crippen molar-refractivity contribution in [1.29, 1.82) is 0 Å². The van der Waals surface area contributed by atoms with Crippen LogP contribution in [0.3, 0.4) is 0 Å². The van der Waals surface area contributed by atoms with Crippen LogP contribution in [0.1, 0.15) is 101 Å². The van der Waals surface area contributed by atoms with E-state index in [4.69, 9.17) is 9.47 Å². The summed E-state index contributed by atoms with van der Waals surface area (Å²) in [5.74, 6) is 1.21. The van der Waals surface area contributed by atoms with E-state index in [1.807, 2.05) is 44.0 Å². The van der Waals surface area contributed by atoms with Gasteiger partial charge in [0, 0.05) is 80.8 Å². The number of hydrogen-bond donors (Lipinski definition) is 1. The average Bonchev–Trinajstić information content (AvgIpc) is 3.60. The first kappa shape index (κ1) is 43.3. The summed E-state index contributed by atoms with van der Waals surface area (Å²) in [6.45, 7) is 21.8. The Hall–Kier alpha value is -3.88. The lowest BCUT2D eigenvalue weighted by Gasteiger charge is -2.31. The Bertz CT molecular complexity index is 1380. The fraction of sp³-hybridized carbons (Fsp3) is 0.535. The molecule has 2 fully saturated rings. The number of anilines is 3. The summed E-state index contributed by atoms with van der Waals surface area (Å²) in [7, 11) is 4.06. The maximum atomic E-state index is 12.1.